The summed E-state index contributed by atoms with van der Waals surface area (Å²) >= 11 is 0. The number of carbonyl (C=O) groups is 1. The standard InChI is InChI=1S/C16H21FN2O.ClH/c1-2-6-16(7-8-16)15(20)19-13-4-3-11-10-18-9-5-12(11)14(13)17;/h3-4,18H,2,5-10H2,1H3,(H,19,20);1H. The van der Waals surface area contributed by atoms with E-state index in [1.165, 1.54) is 0 Å². The minimum Gasteiger partial charge on any atom is -0.323 e. The maximum absolute atomic E-state index is 14.5. The van der Waals surface area contributed by atoms with Gasteiger partial charge in [0.2, 0.25) is 5.91 Å². The molecule has 3 nitrogen and oxygen atoms in total. The molecule has 0 unspecified atom stereocenters. The fourth-order valence-electron chi connectivity index (χ4n) is 3.11. The topological polar surface area (TPSA) is 41.1 Å². The molecule has 1 aliphatic heterocycles. The van der Waals surface area contributed by atoms with E-state index in [1.807, 2.05) is 6.07 Å². The van der Waals surface area contributed by atoms with Crippen molar-refractivity contribution in [1.82, 2.24) is 5.32 Å². The lowest BCUT2D eigenvalue weighted by Crippen LogP contribution is -2.27. The van der Waals surface area contributed by atoms with Crippen LogP contribution in [-0.4, -0.2) is 12.5 Å². The van der Waals surface area contributed by atoms with Crippen molar-refractivity contribution in [3.63, 3.8) is 0 Å². The van der Waals surface area contributed by atoms with Crippen LogP contribution in [0.2, 0.25) is 0 Å². The summed E-state index contributed by atoms with van der Waals surface area (Å²) in [6.07, 6.45) is 4.44. The van der Waals surface area contributed by atoms with Crippen molar-refractivity contribution in [3.05, 3.63) is 29.1 Å². The highest BCUT2D eigenvalue weighted by molar-refractivity contribution is 5.97. The Morgan fingerprint density at radius 2 is 2.19 bits per heavy atom. The molecule has 3 rings (SSSR count). The molecule has 1 heterocycles. The summed E-state index contributed by atoms with van der Waals surface area (Å²) in [5, 5.41) is 6.04. The number of fused-ring (bicyclic) bond motifs is 1. The third-order valence-electron chi connectivity index (χ3n) is 4.52. The van der Waals surface area contributed by atoms with Gasteiger partial charge in [-0.1, -0.05) is 19.4 Å². The Morgan fingerprint density at radius 3 is 2.86 bits per heavy atom. The highest BCUT2D eigenvalue weighted by Gasteiger charge is 2.48. The molecule has 1 amide bonds. The van der Waals surface area contributed by atoms with Gasteiger partial charge in [-0.3, -0.25) is 4.79 Å². The quantitative estimate of drug-likeness (QED) is 0.894. The van der Waals surface area contributed by atoms with Crippen molar-refractivity contribution >= 4 is 24.0 Å². The number of rotatable bonds is 4. The van der Waals surface area contributed by atoms with Crippen molar-refractivity contribution < 1.29 is 9.18 Å². The van der Waals surface area contributed by atoms with Crippen LogP contribution in [0, 0.1) is 11.2 Å². The zero-order valence-corrected chi connectivity index (χ0v) is 13.1. The molecule has 0 bridgehead atoms. The number of halogens is 2. The highest BCUT2D eigenvalue weighted by atomic mass is 35.5. The Balaban J connectivity index is 0.00000161. The van der Waals surface area contributed by atoms with E-state index < -0.39 is 0 Å². The minimum absolute atomic E-state index is 0. The van der Waals surface area contributed by atoms with Gasteiger partial charge in [-0.05, 0) is 49.4 Å². The first-order valence-corrected chi connectivity index (χ1v) is 7.49. The van der Waals surface area contributed by atoms with E-state index in [0.29, 0.717) is 18.7 Å². The molecule has 0 saturated heterocycles. The van der Waals surface area contributed by atoms with Crippen molar-refractivity contribution in [2.24, 2.45) is 5.41 Å². The molecule has 1 aliphatic carbocycles. The number of carbonyl (C=O) groups excluding carboxylic acids is 1. The summed E-state index contributed by atoms with van der Waals surface area (Å²) < 4.78 is 14.5. The highest BCUT2D eigenvalue weighted by Crippen LogP contribution is 2.50. The van der Waals surface area contributed by atoms with Gasteiger partial charge in [0.15, 0.2) is 0 Å². The van der Waals surface area contributed by atoms with Crippen LogP contribution < -0.4 is 10.6 Å². The van der Waals surface area contributed by atoms with Crippen molar-refractivity contribution in [3.8, 4) is 0 Å². The number of amides is 1. The molecule has 0 aromatic heterocycles. The molecule has 2 N–H and O–H groups in total. The van der Waals surface area contributed by atoms with Crippen LogP contribution in [0.5, 0.6) is 0 Å². The van der Waals surface area contributed by atoms with Crippen LogP contribution in [0.1, 0.15) is 43.7 Å². The average Bonchev–Trinajstić information content (AvgIpc) is 3.24. The third-order valence-corrected chi connectivity index (χ3v) is 4.52. The van der Waals surface area contributed by atoms with Gasteiger partial charge in [0.25, 0.3) is 0 Å². The Bertz CT molecular complexity index is 543. The Labute approximate surface area is 131 Å². The number of hydrogen-bond donors (Lipinski definition) is 2. The van der Waals surface area contributed by atoms with E-state index in [2.05, 4.69) is 17.6 Å². The zero-order chi connectivity index (χ0) is 14.2. The van der Waals surface area contributed by atoms with E-state index in [4.69, 9.17) is 0 Å². The van der Waals surface area contributed by atoms with Crippen LogP contribution in [0.4, 0.5) is 10.1 Å². The van der Waals surface area contributed by atoms with Crippen LogP contribution in [0.15, 0.2) is 12.1 Å². The number of nitrogens with one attached hydrogen (secondary N) is 2. The maximum Gasteiger partial charge on any atom is 0.230 e. The van der Waals surface area contributed by atoms with Gasteiger partial charge in [-0.25, -0.2) is 4.39 Å². The Hall–Kier alpha value is -1.13. The molecule has 1 saturated carbocycles. The molecule has 0 radical (unpaired) electrons. The summed E-state index contributed by atoms with van der Waals surface area (Å²) in [6, 6.07) is 3.61. The van der Waals surface area contributed by atoms with E-state index in [-0.39, 0.29) is 29.5 Å². The lowest BCUT2D eigenvalue weighted by atomic mass is 9.97. The van der Waals surface area contributed by atoms with E-state index in [9.17, 15) is 9.18 Å². The zero-order valence-electron chi connectivity index (χ0n) is 12.3. The predicted octanol–water partition coefficient (Wildman–Crippen LogP) is 3.41. The first kappa shape index (κ1) is 16.2. The SMILES string of the molecule is CCCC1(C(=O)Nc2ccc3c(c2F)CCNC3)CC1.Cl. The number of hydrogen-bond acceptors (Lipinski definition) is 2. The molecule has 5 heteroatoms. The summed E-state index contributed by atoms with van der Waals surface area (Å²) in [5.74, 6) is -0.253. The molecule has 0 spiro atoms. The number of anilines is 1. The molecular formula is C16H22ClFN2O. The summed E-state index contributed by atoms with van der Waals surface area (Å²) in [6.45, 7) is 3.58. The van der Waals surface area contributed by atoms with Crippen molar-refractivity contribution in [2.75, 3.05) is 11.9 Å². The van der Waals surface area contributed by atoms with E-state index in [1.54, 1.807) is 6.07 Å². The molecule has 1 fully saturated rings. The van der Waals surface area contributed by atoms with Crippen LogP contribution >= 0.6 is 12.4 Å². The largest absolute Gasteiger partial charge is 0.323 e. The van der Waals surface area contributed by atoms with E-state index >= 15 is 0 Å². The van der Waals surface area contributed by atoms with Gasteiger partial charge in [-0.15, -0.1) is 12.4 Å². The van der Waals surface area contributed by atoms with Gasteiger partial charge < -0.3 is 10.6 Å². The Kier molecular flexibility index (Phi) is 4.89. The van der Waals surface area contributed by atoms with Gasteiger partial charge in [0.05, 0.1) is 5.69 Å². The average molecular weight is 313 g/mol. The summed E-state index contributed by atoms with van der Waals surface area (Å²) in [7, 11) is 0. The van der Waals surface area contributed by atoms with Crippen LogP contribution in [0.3, 0.4) is 0 Å². The Morgan fingerprint density at radius 1 is 1.43 bits per heavy atom. The van der Waals surface area contributed by atoms with Crippen LogP contribution in [-0.2, 0) is 17.8 Å². The predicted molar refractivity (Wildman–Crippen MR) is 84.3 cm³/mol. The van der Waals surface area contributed by atoms with Gasteiger partial charge >= 0.3 is 0 Å². The van der Waals surface area contributed by atoms with Crippen molar-refractivity contribution in [2.45, 2.75) is 45.6 Å². The minimum atomic E-state index is -0.246. The van der Waals surface area contributed by atoms with Crippen molar-refractivity contribution in [1.29, 1.82) is 0 Å². The lowest BCUT2D eigenvalue weighted by molar-refractivity contribution is -0.121. The second-order valence-electron chi connectivity index (χ2n) is 5.98. The third kappa shape index (κ3) is 3.06. The molecule has 2 aliphatic rings. The lowest BCUT2D eigenvalue weighted by Gasteiger charge is -2.20. The smallest absolute Gasteiger partial charge is 0.230 e. The van der Waals surface area contributed by atoms with Gasteiger partial charge in [0.1, 0.15) is 5.82 Å². The molecule has 1 aromatic rings. The number of benzene rings is 1. The monoisotopic (exact) mass is 312 g/mol. The van der Waals surface area contributed by atoms with Crippen LogP contribution in [0.25, 0.3) is 0 Å². The second kappa shape index (κ2) is 6.32. The summed E-state index contributed by atoms with van der Waals surface area (Å²) in [5.41, 5.74) is 1.87. The van der Waals surface area contributed by atoms with E-state index in [0.717, 1.165) is 43.4 Å². The fourth-order valence-corrected chi connectivity index (χ4v) is 3.11. The molecule has 1 aromatic carbocycles. The maximum atomic E-state index is 14.5. The first-order valence-electron chi connectivity index (χ1n) is 7.49. The van der Waals surface area contributed by atoms with Gasteiger partial charge in [0, 0.05) is 12.0 Å². The normalized spacial score (nSPS) is 18.4. The molecule has 116 valence electrons. The molecule has 0 atom stereocenters. The summed E-state index contributed by atoms with van der Waals surface area (Å²) in [4.78, 5) is 12.3. The molecular weight excluding hydrogens is 291 g/mol. The second-order valence-corrected chi connectivity index (χ2v) is 5.98. The first-order chi connectivity index (χ1) is 9.66. The fraction of sp³-hybridized carbons (Fsp3) is 0.562. The molecule has 21 heavy (non-hydrogen) atoms. The van der Waals surface area contributed by atoms with Gasteiger partial charge in [-0.2, -0.15) is 0 Å².